The van der Waals surface area contributed by atoms with Crippen molar-refractivity contribution in [2.45, 2.75) is 26.3 Å². The highest BCUT2D eigenvalue weighted by atomic mass is 16.5. The van der Waals surface area contributed by atoms with E-state index < -0.39 is 0 Å². The van der Waals surface area contributed by atoms with E-state index in [1.165, 1.54) is 0 Å². The van der Waals surface area contributed by atoms with Crippen molar-refractivity contribution in [3.8, 4) is 17.1 Å². The minimum Gasteiger partial charge on any atom is -0.494 e. The Morgan fingerprint density at radius 2 is 1.89 bits per heavy atom. The molecular formula is C20H23N5O2. The standard InChI is InChI=1S/C20H23N5O2/c1-2-3-12-27-17-10-6-15(7-11-17)20(26)22-16-8-4-14(5-9-16)19-23-18(13-21)24-25-19/h4-11H,2-3,12-13,21H2,1H3,(H,22,26)(H,23,24,25). The third-order valence-corrected chi connectivity index (χ3v) is 4.01. The van der Waals surface area contributed by atoms with Gasteiger partial charge in [0.15, 0.2) is 5.82 Å². The van der Waals surface area contributed by atoms with E-state index in [2.05, 4.69) is 27.4 Å². The monoisotopic (exact) mass is 365 g/mol. The van der Waals surface area contributed by atoms with Crippen molar-refractivity contribution >= 4 is 11.6 Å². The van der Waals surface area contributed by atoms with Crippen molar-refractivity contribution < 1.29 is 9.53 Å². The second-order valence-corrected chi connectivity index (χ2v) is 6.07. The van der Waals surface area contributed by atoms with Crippen molar-refractivity contribution in [1.29, 1.82) is 0 Å². The molecule has 0 radical (unpaired) electrons. The average Bonchev–Trinajstić information content (AvgIpc) is 3.18. The molecule has 0 aliphatic carbocycles. The Morgan fingerprint density at radius 3 is 2.52 bits per heavy atom. The number of aromatic nitrogens is 3. The highest BCUT2D eigenvalue weighted by Gasteiger charge is 2.08. The number of hydrogen-bond acceptors (Lipinski definition) is 5. The smallest absolute Gasteiger partial charge is 0.255 e. The zero-order valence-electron chi connectivity index (χ0n) is 15.2. The zero-order valence-corrected chi connectivity index (χ0v) is 15.2. The first-order chi connectivity index (χ1) is 13.2. The van der Waals surface area contributed by atoms with Crippen LogP contribution in [0.5, 0.6) is 5.75 Å². The zero-order chi connectivity index (χ0) is 19.1. The predicted molar refractivity (Wildman–Crippen MR) is 105 cm³/mol. The molecule has 3 aromatic rings. The fourth-order valence-corrected chi connectivity index (χ4v) is 2.46. The van der Waals surface area contributed by atoms with Crippen molar-refractivity contribution in [2.24, 2.45) is 5.73 Å². The Hall–Kier alpha value is -3.19. The van der Waals surface area contributed by atoms with Crippen LogP contribution in [0.2, 0.25) is 0 Å². The van der Waals surface area contributed by atoms with Gasteiger partial charge in [-0.1, -0.05) is 13.3 Å². The molecule has 0 saturated heterocycles. The van der Waals surface area contributed by atoms with Gasteiger partial charge in [-0.05, 0) is 55.0 Å². The Bertz CT molecular complexity index is 872. The van der Waals surface area contributed by atoms with Crippen molar-refractivity contribution in [3.05, 3.63) is 59.9 Å². The number of unbranched alkanes of at least 4 members (excludes halogenated alkanes) is 1. The first-order valence-corrected chi connectivity index (χ1v) is 8.95. The quantitative estimate of drug-likeness (QED) is 0.531. The van der Waals surface area contributed by atoms with E-state index >= 15 is 0 Å². The number of carbonyl (C=O) groups is 1. The van der Waals surface area contributed by atoms with Crippen LogP contribution in [0.15, 0.2) is 48.5 Å². The molecule has 0 aliphatic rings. The summed E-state index contributed by atoms with van der Waals surface area (Å²) in [7, 11) is 0. The molecule has 7 nitrogen and oxygen atoms in total. The van der Waals surface area contributed by atoms with Crippen LogP contribution in [0, 0.1) is 0 Å². The second-order valence-electron chi connectivity index (χ2n) is 6.07. The van der Waals surface area contributed by atoms with Gasteiger partial charge in [-0.15, -0.1) is 0 Å². The van der Waals surface area contributed by atoms with E-state index in [9.17, 15) is 4.79 Å². The largest absolute Gasteiger partial charge is 0.494 e. The maximum absolute atomic E-state index is 12.4. The molecule has 0 saturated carbocycles. The summed E-state index contributed by atoms with van der Waals surface area (Å²) in [6.07, 6.45) is 2.10. The van der Waals surface area contributed by atoms with E-state index in [1.54, 1.807) is 12.1 Å². The van der Waals surface area contributed by atoms with Gasteiger partial charge >= 0.3 is 0 Å². The lowest BCUT2D eigenvalue weighted by molar-refractivity contribution is 0.102. The number of nitrogens with zero attached hydrogens (tertiary/aromatic N) is 2. The molecule has 3 rings (SSSR count). The van der Waals surface area contributed by atoms with Gasteiger partial charge in [0.25, 0.3) is 5.91 Å². The molecule has 0 bridgehead atoms. The summed E-state index contributed by atoms with van der Waals surface area (Å²) >= 11 is 0. The third kappa shape index (κ3) is 4.92. The molecule has 4 N–H and O–H groups in total. The van der Waals surface area contributed by atoms with Gasteiger partial charge in [0, 0.05) is 16.8 Å². The first kappa shape index (κ1) is 18.6. The highest BCUT2D eigenvalue weighted by molar-refractivity contribution is 6.04. The van der Waals surface area contributed by atoms with Gasteiger partial charge in [0.1, 0.15) is 11.6 Å². The highest BCUT2D eigenvalue weighted by Crippen LogP contribution is 2.19. The summed E-state index contributed by atoms with van der Waals surface area (Å²) in [4.78, 5) is 16.7. The molecule has 1 aromatic heterocycles. The van der Waals surface area contributed by atoms with Crippen LogP contribution in [-0.4, -0.2) is 27.7 Å². The number of nitrogens with one attached hydrogen (secondary N) is 2. The molecule has 0 atom stereocenters. The number of anilines is 1. The fraction of sp³-hybridized carbons (Fsp3) is 0.250. The summed E-state index contributed by atoms with van der Waals surface area (Å²) < 4.78 is 5.61. The van der Waals surface area contributed by atoms with Crippen molar-refractivity contribution in [1.82, 2.24) is 15.2 Å². The SMILES string of the molecule is CCCCOc1ccc(C(=O)Nc2ccc(-c3n[nH]c(CN)n3)cc2)cc1. The summed E-state index contributed by atoms with van der Waals surface area (Å²) in [6.45, 7) is 3.11. The molecule has 140 valence electrons. The van der Waals surface area contributed by atoms with E-state index in [1.807, 2.05) is 36.4 Å². The van der Waals surface area contributed by atoms with Gasteiger partial charge < -0.3 is 15.8 Å². The molecule has 0 unspecified atom stereocenters. The minimum absolute atomic E-state index is 0.175. The summed E-state index contributed by atoms with van der Waals surface area (Å²) in [5.74, 6) is 1.80. The number of rotatable bonds is 8. The van der Waals surface area contributed by atoms with Crippen LogP contribution in [0.1, 0.15) is 35.9 Å². The molecular weight excluding hydrogens is 342 g/mol. The summed E-state index contributed by atoms with van der Waals surface area (Å²) in [5.41, 5.74) is 7.64. The third-order valence-electron chi connectivity index (χ3n) is 4.01. The molecule has 27 heavy (non-hydrogen) atoms. The lowest BCUT2D eigenvalue weighted by atomic mass is 10.1. The van der Waals surface area contributed by atoms with Crippen LogP contribution in [-0.2, 0) is 6.54 Å². The molecule has 0 fully saturated rings. The molecule has 0 aliphatic heterocycles. The second kappa shape index (κ2) is 8.95. The van der Waals surface area contributed by atoms with Crippen molar-refractivity contribution in [2.75, 3.05) is 11.9 Å². The molecule has 7 heteroatoms. The van der Waals surface area contributed by atoms with Gasteiger partial charge in [-0.3, -0.25) is 9.89 Å². The van der Waals surface area contributed by atoms with Crippen LogP contribution >= 0.6 is 0 Å². The molecule has 0 spiro atoms. The summed E-state index contributed by atoms with van der Waals surface area (Å²) in [5, 5.41) is 9.77. The topological polar surface area (TPSA) is 106 Å². The predicted octanol–water partition coefficient (Wildman–Crippen LogP) is 3.36. The van der Waals surface area contributed by atoms with Gasteiger partial charge in [0.2, 0.25) is 0 Å². The number of ether oxygens (including phenoxy) is 1. The average molecular weight is 365 g/mol. The van der Waals surface area contributed by atoms with E-state index in [0.29, 0.717) is 36.1 Å². The van der Waals surface area contributed by atoms with Gasteiger partial charge in [0.05, 0.1) is 13.2 Å². The number of amides is 1. The Balaban J connectivity index is 1.60. The maximum Gasteiger partial charge on any atom is 0.255 e. The number of carbonyl (C=O) groups excluding carboxylic acids is 1. The number of H-pyrrole nitrogens is 1. The maximum atomic E-state index is 12.4. The number of hydrogen-bond donors (Lipinski definition) is 3. The Morgan fingerprint density at radius 1 is 1.15 bits per heavy atom. The fourth-order valence-electron chi connectivity index (χ4n) is 2.46. The van der Waals surface area contributed by atoms with E-state index in [4.69, 9.17) is 10.5 Å². The van der Waals surface area contributed by atoms with Crippen LogP contribution in [0.3, 0.4) is 0 Å². The lowest BCUT2D eigenvalue weighted by Gasteiger charge is -2.08. The minimum atomic E-state index is -0.175. The van der Waals surface area contributed by atoms with Crippen molar-refractivity contribution in [3.63, 3.8) is 0 Å². The Labute approximate surface area is 158 Å². The number of benzene rings is 2. The first-order valence-electron chi connectivity index (χ1n) is 8.95. The normalized spacial score (nSPS) is 10.6. The summed E-state index contributed by atoms with van der Waals surface area (Å²) in [6, 6.07) is 14.5. The Kier molecular flexibility index (Phi) is 6.17. The van der Waals surface area contributed by atoms with Gasteiger partial charge in [-0.2, -0.15) is 5.10 Å². The molecule has 2 aromatic carbocycles. The molecule has 1 heterocycles. The van der Waals surface area contributed by atoms with Crippen LogP contribution < -0.4 is 15.8 Å². The van der Waals surface area contributed by atoms with Crippen LogP contribution in [0.25, 0.3) is 11.4 Å². The molecule has 1 amide bonds. The van der Waals surface area contributed by atoms with E-state index in [-0.39, 0.29) is 5.91 Å². The number of nitrogens with two attached hydrogens (primary N) is 1. The number of aromatic amines is 1. The van der Waals surface area contributed by atoms with E-state index in [0.717, 1.165) is 24.2 Å². The lowest BCUT2D eigenvalue weighted by Crippen LogP contribution is -2.11. The van der Waals surface area contributed by atoms with Gasteiger partial charge in [-0.25, -0.2) is 4.98 Å². The van der Waals surface area contributed by atoms with Crippen LogP contribution in [0.4, 0.5) is 5.69 Å².